The van der Waals surface area contributed by atoms with Crippen molar-refractivity contribution in [3.8, 4) is 5.75 Å². The normalized spacial score (nSPS) is 19.3. The summed E-state index contributed by atoms with van der Waals surface area (Å²) in [5.41, 5.74) is 2.60. The summed E-state index contributed by atoms with van der Waals surface area (Å²) in [4.78, 5) is 25.7. The van der Waals surface area contributed by atoms with Crippen LogP contribution in [0.2, 0.25) is 0 Å². The van der Waals surface area contributed by atoms with Crippen LogP contribution in [0.15, 0.2) is 59.7 Å². The summed E-state index contributed by atoms with van der Waals surface area (Å²) >= 11 is 0. The van der Waals surface area contributed by atoms with Crippen LogP contribution in [0.1, 0.15) is 36.4 Å². The molecule has 2 aromatic carbocycles. The number of rotatable bonds is 7. The van der Waals surface area contributed by atoms with Gasteiger partial charge in [-0.2, -0.15) is 5.10 Å². The zero-order valence-corrected chi connectivity index (χ0v) is 20.6. The van der Waals surface area contributed by atoms with Crippen molar-refractivity contribution < 1.29 is 27.5 Å². The van der Waals surface area contributed by atoms with Gasteiger partial charge >= 0.3 is 5.97 Å². The van der Waals surface area contributed by atoms with Gasteiger partial charge < -0.3 is 9.47 Å². The number of piperidine rings is 1. The first-order chi connectivity index (χ1) is 16.8. The predicted octanol–water partition coefficient (Wildman–Crippen LogP) is 2.59. The molecular weight excluding hydrogens is 470 g/mol. The topological polar surface area (TPSA) is 106 Å². The van der Waals surface area contributed by atoms with Gasteiger partial charge in [-0.25, -0.2) is 17.7 Å². The van der Waals surface area contributed by atoms with Crippen LogP contribution in [0.25, 0.3) is 0 Å². The number of hydrazone groups is 1. The molecule has 0 N–H and O–H groups in total. The smallest absolute Gasteiger partial charge is 0.309 e. The maximum absolute atomic E-state index is 13.1. The van der Waals surface area contributed by atoms with E-state index in [4.69, 9.17) is 9.47 Å². The summed E-state index contributed by atoms with van der Waals surface area (Å²) in [6.45, 7) is 0.106. The Morgan fingerprint density at radius 2 is 1.69 bits per heavy atom. The summed E-state index contributed by atoms with van der Waals surface area (Å²) in [6, 6.07) is 16.8. The monoisotopic (exact) mass is 499 g/mol. The number of ether oxygens (including phenoxy) is 2. The van der Waals surface area contributed by atoms with Crippen molar-refractivity contribution >= 4 is 27.6 Å². The van der Waals surface area contributed by atoms with E-state index in [1.165, 1.54) is 9.31 Å². The molecule has 0 radical (unpaired) electrons. The van der Waals surface area contributed by atoms with E-state index < -0.39 is 34.4 Å². The van der Waals surface area contributed by atoms with Crippen molar-refractivity contribution in [3.05, 3.63) is 65.7 Å². The third-order valence-electron chi connectivity index (χ3n) is 6.37. The zero-order valence-electron chi connectivity index (χ0n) is 19.8. The number of benzene rings is 2. The summed E-state index contributed by atoms with van der Waals surface area (Å²) in [7, 11) is -1.69. The Morgan fingerprint density at radius 1 is 1.03 bits per heavy atom. The van der Waals surface area contributed by atoms with E-state index in [0.29, 0.717) is 25.0 Å². The van der Waals surface area contributed by atoms with Crippen molar-refractivity contribution in [1.29, 1.82) is 0 Å². The van der Waals surface area contributed by atoms with Gasteiger partial charge in [0.2, 0.25) is 10.0 Å². The molecule has 2 heterocycles. The quantitative estimate of drug-likeness (QED) is 0.542. The van der Waals surface area contributed by atoms with E-state index in [0.717, 1.165) is 23.1 Å². The highest BCUT2D eigenvalue weighted by Crippen LogP contribution is 2.33. The van der Waals surface area contributed by atoms with Gasteiger partial charge in [-0.15, -0.1) is 0 Å². The van der Waals surface area contributed by atoms with Gasteiger partial charge in [0.15, 0.2) is 6.61 Å². The molecule has 1 atom stereocenters. The molecule has 1 fully saturated rings. The highest BCUT2D eigenvalue weighted by atomic mass is 32.2. The highest BCUT2D eigenvalue weighted by Gasteiger charge is 2.35. The SMILES string of the molecule is COc1ccc(C2CC(c3ccccc3)=NN2C(=O)COC(=O)C2CCN(S(C)(=O)=O)CC2)cc1. The Bertz CT molecular complexity index is 1190. The molecule has 2 aliphatic heterocycles. The third kappa shape index (κ3) is 5.88. The Hall–Kier alpha value is -3.24. The number of amides is 1. The first-order valence-electron chi connectivity index (χ1n) is 11.5. The second-order valence-corrected chi connectivity index (χ2v) is 10.7. The Morgan fingerprint density at radius 3 is 2.29 bits per heavy atom. The minimum absolute atomic E-state index is 0.267. The average Bonchev–Trinajstić information content (AvgIpc) is 3.33. The predicted molar refractivity (Wildman–Crippen MR) is 130 cm³/mol. The molecule has 9 nitrogen and oxygen atoms in total. The van der Waals surface area contributed by atoms with E-state index in [1.807, 2.05) is 54.6 Å². The Labute approximate surface area is 205 Å². The fraction of sp³-hybridized carbons (Fsp3) is 0.400. The molecule has 0 spiro atoms. The molecule has 10 heteroatoms. The van der Waals surface area contributed by atoms with Crippen LogP contribution in [-0.4, -0.2) is 68.4 Å². The molecule has 0 saturated carbocycles. The van der Waals surface area contributed by atoms with E-state index in [1.54, 1.807) is 7.11 Å². The molecule has 1 saturated heterocycles. The van der Waals surface area contributed by atoms with Crippen molar-refractivity contribution in [1.82, 2.24) is 9.31 Å². The maximum Gasteiger partial charge on any atom is 0.309 e. The van der Waals surface area contributed by atoms with E-state index in [9.17, 15) is 18.0 Å². The number of esters is 1. The fourth-order valence-corrected chi connectivity index (χ4v) is 5.25. The van der Waals surface area contributed by atoms with E-state index in [2.05, 4.69) is 5.10 Å². The van der Waals surface area contributed by atoms with Crippen LogP contribution in [0.4, 0.5) is 0 Å². The van der Waals surface area contributed by atoms with Crippen molar-refractivity contribution in [2.75, 3.05) is 33.1 Å². The number of hydrogen-bond acceptors (Lipinski definition) is 7. The van der Waals surface area contributed by atoms with Gasteiger partial charge in [-0.05, 0) is 36.1 Å². The van der Waals surface area contributed by atoms with Crippen molar-refractivity contribution in [2.45, 2.75) is 25.3 Å². The van der Waals surface area contributed by atoms with Gasteiger partial charge in [0.05, 0.1) is 31.0 Å². The molecule has 0 aliphatic carbocycles. The van der Waals surface area contributed by atoms with Crippen LogP contribution in [-0.2, 0) is 24.3 Å². The van der Waals surface area contributed by atoms with Gasteiger partial charge in [0, 0.05) is 19.5 Å². The molecule has 0 bridgehead atoms. The number of sulfonamides is 1. The van der Waals surface area contributed by atoms with E-state index >= 15 is 0 Å². The lowest BCUT2D eigenvalue weighted by Crippen LogP contribution is -2.40. The molecular formula is C25H29N3O6S. The summed E-state index contributed by atoms with van der Waals surface area (Å²) in [5, 5.41) is 5.98. The highest BCUT2D eigenvalue weighted by molar-refractivity contribution is 7.88. The molecule has 2 aliphatic rings. The molecule has 1 amide bonds. The first-order valence-corrected chi connectivity index (χ1v) is 13.3. The Balaban J connectivity index is 1.44. The molecule has 0 aromatic heterocycles. The van der Waals surface area contributed by atoms with Crippen LogP contribution in [0, 0.1) is 5.92 Å². The van der Waals surface area contributed by atoms with E-state index in [-0.39, 0.29) is 19.1 Å². The lowest BCUT2D eigenvalue weighted by molar-refractivity contribution is -0.157. The fourth-order valence-electron chi connectivity index (χ4n) is 4.37. The minimum atomic E-state index is -3.28. The van der Waals surface area contributed by atoms with Crippen LogP contribution in [0.3, 0.4) is 0 Å². The van der Waals surface area contributed by atoms with Crippen LogP contribution >= 0.6 is 0 Å². The largest absolute Gasteiger partial charge is 0.497 e. The second kappa shape index (κ2) is 10.6. The van der Waals surface area contributed by atoms with Crippen molar-refractivity contribution in [2.24, 2.45) is 11.0 Å². The number of hydrogen-bond donors (Lipinski definition) is 0. The summed E-state index contributed by atoms with van der Waals surface area (Å²) in [5.74, 6) is -0.623. The number of carbonyl (C=O) groups excluding carboxylic acids is 2. The molecule has 1 unspecified atom stereocenters. The van der Waals surface area contributed by atoms with Gasteiger partial charge in [-0.3, -0.25) is 9.59 Å². The minimum Gasteiger partial charge on any atom is -0.497 e. The summed E-state index contributed by atoms with van der Waals surface area (Å²) in [6.07, 6.45) is 2.42. The van der Waals surface area contributed by atoms with Gasteiger partial charge in [0.1, 0.15) is 5.75 Å². The van der Waals surface area contributed by atoms with Crippen molar-refractivity contribution in [3.63, 3.8) is 0 Å². The molecule has 35 heavy (non-hydrogen) atoms. The number of carbonyl (C=O) groups is 2. The third-order valence-corrected chi connectivity index (χ3v) is 7.67. The van der Waals surface area contributed by atoms with Gasteiger partial charge in [-0.1, -0.05) is 42.5 Å². The second-order valence-electron chi connectivity index (χ2n) is 8.69. The molecule has 4 rings (SSSR count). The first kappa shape index (κ1) is 24.9. The lowest BCUT2D eigenvalue weighted by Gasteiger charge is -2.29. The Kier molecular flexibility index (Phi) is 7.51. The zero-order chi connectivity index (χ0) is 25.0. The number of nitrogens with zero attached hydrogens (tertiary/aromatic N) is 3. The lowest BCUT2D eigenvalue weighted by atomic mass is 9.98. The average molecular weight is 500 g/mol. The number of methoxy groups -OCH3 is 1. The van der Waals surface area contributed by atoms with Crippen LogP contribution < -0.4 is 4.74 Å². The standard InChI is InChI=1S/C25H29N3O6S/c1-33-21-10-8-19(9-11-21)23-16-22(18-6-4-3-5-7-18)26-28(23)24(29)17-34-25(30)20-12-14-27(15-13-20)35(2,31)32/h3-11,20,23H,12-17H2,1-2H3. The van der Waals surface area contributed by atoms with Gasteiger partial charge in [0.25, 0.3) is 5.91 Å². The molecule has 186 valence electrons. The summed E-state index contributed by atoms with van der Waals surface area (Å²) < 4.78 is 35.3. The van der Waals surface area contributed by atoms with Crippen LogP contribution in [0.5, 0.6) is 5.75 Å². The molecule has 2 aromatic rings. The maximum atomic E-state index is 13.1.